The van der Waals surface area contributed by atoms with E-state index in [9.17, 15) is 9.59 Å². The third-order valence-corrected chi connectivity index (χ3v) is 4.91. The van der Waals surface area contributed by atoms with Gasteiger partial charge in [-0.25, -0.2) is 4.68 Å². The molecule has 0 radical (unpaired) electrons. The van der Waals surface area contributed by atoms with Crippen molar-refractivity contribution in [3.8, 4) is 11.4 Å². The standard InChI is InChI=1S/C19H15Cl2N5O2/c1-10-2-4-11(5-3-10)17-23-19-24-18(28)15(26(19)25-17)9-16(27)22-14-7-6-12(20)8-13(14)21/h2-8,15H,9H2,1H3,(H,22,27)(H,23,24,25,28)/t15-/m0/s1. The molecule has 9 heteroatoms. The Kier molecular flexibility index (Phi) is 4.78. The highest BCUT2D eigenvalue weighted by atomic mass is 35.5. The number of benzene rings is 2. The fourth-order valence-corrected chi connectivity index (χ4v) is 3.36. The molecule has 2 N–H and O–H groups in total. The van der Waals surface area contributed by atoms with Gasteiger partial charge in [0.2, 0.25) is 11.9 Å². The number of hydrogen-bond donors (Lipinski definition) is 2. The number of carbonyl (C=O) groups is 2. The van der Waals surface area contributed by atoms with Crippen LogP contribution in [0.4, 0.5) is 11.6 Å². The van der Waals surface area contributed by atoms with E-state index in [1.807, 2.05) is 31.2 Å². The predicted molar refractivity (Wildman–Crippen MR) is 108 cm³/mol. The van der Waals surface area contributed by atoms with Gasteiger partial charge in [-0.1, -0.05) is 53.0 Å². The van der Waals surface area contributed by atoms with Gasteiger partial charge in [0.05, 0.1) is 17.1 Å². The molecule has 0 fully saturated rings. The Morgan fingerprint density at radius 3 is 2.68 bits per heavy atom. The number of halogens is 2. The SMILES string of the molecule is Cc1ccc(-c2nc3n(n2)[C@@H](CC(=O)Nc2ccc(Cl)cc2Cl)C(=O)N3)cc1. The number of nitrogens with one attached hydrogen (secondary N) is 2. The summed E-state index contributed by atoms with van der Waals surface area (Å²) in [5, 5.41) is 10.5. The molecule has 0 bridgehead atoms. The monoisotopic (exact) mass is 415 g/mol. The summed E-state index contributed by atoms with van der Waals surface area (Å²) in [4.78, 5) is 29.0. The van der Waals surface area contributed by atoms with E-state index in [0.717, 1.165) is 11.1 Å². The van der Waals surface area contributed by atoms with Gasteiger partial charge in [0.15, 0.2) is 5.82 Å². The summed E-state index contributed by atoms with van der Waals surface area (Å²) < 4.78 is 1.45. The van der Waals surface area contributed by atoms with Gasteiger partial charge in [-0.05, 0) is 25.1 Å². The van der Waals surface area contributed by atoms with Gasteiger partial charge in [-0.2, -0.15) is 4.98 Å². The van der Waals surface area contributed by atoms with E-state index in [1.165, 1.54) is 10.7 Å². The first kappa shape index (κ1) is 18.5. The molecule has 7 nitrogen and oxygen atoms in total. The van der Waals surface area contributed by atoms with E-state index in [4.69, 9.17) is 23.2 Å². The number of hydrogen-bond acceptors (Lipinski definition) is 4. The third-order valence-electron chi connectivity index (χ3n) is 4.36. The normalized spacial score (nSPS) is 15.2. The lowest BCUT2D eigenvalue weighted by Crippen LogP contribution is -2.23. The first-order valence-electron chi connectivity index (χ1n) is 8.50. The summed E-state index contributed by atoms with van der Waals surface area (Å²) in [5.74, 6) is 0.108. The van der Waals surface area contributed by atoms with Gasteiger partial charge in [-0.3, -0.25) is 14.9 Å². The summed E-state index contributed by atoms with van der Waals surface area (Å²) in [7, 11) is 0. The average molecular weight is 416 g/mol. The minimum atomic E-state index is -0.784. The second-order valence-electron chi connectivity index (χ2n) is 6.45. The molecule has 2 amide bonds. The highest BCUT2D eigenvalue weighted by molar-refractivity contribution is 6.36. The molecule has 0 aliphatic carbocycles. The van der Waals surface area contributed by atoms with Crippen molar-refractivity contribution < 1.29 is 9.59 Å². The highest BCUT2D eigenvalue weighted by Crippen LogP contribution is 2.30. The van der Waals surface area contributed by atoms with Gasteiger partial charge in [-0.15, -0.1) is 5.10 Å². The van der Waals surface area contributed by atoms with Crippen LogP contribution < -0.4 is 10.6 Å². The molecule has 2 heterocycles. The Balaban J connectivity index is 1.52. The molecular weight excluding hydrogens is 401 g/mol. The molecule has 1 atom stereocenters. The van der Waals surface area contributed by atoms with Crippen molar-refractivity contribution in [3.05, 3.63) is 58.1 Å². The number of aryl methyl sites for hydroxylation is 1. The Bertz CT molecular complexity index is 1080. The van der Waals surface area contributed by atoms with Gasteiger partial charge in [0.25, 0.3) is 5.91 Å². The van der Waals surface area contributed by atoms with Crippen LogP contribution in [0.1, 0.15) is 18.0 Å². The molecule has 4 rings (SSSR count). The van der Waals surface area contributed by atoms with E-state index < -0.39 is 6.04 Å². The molecule has 1 aromatic heterocycles. The van der Waals surface area contributed by atoms with Crippen molar-refractivity contribution >= 4 is 46.7 Å². The lowest BCUT2D eigenvalue weighted by atomic mass is 10.1. The first-order chi connectivity index (χ1) is 13.4. The fourth-order valence-electron chi connectivity index (χ4n) is 2.90. The summed E-state index contributed by atoms with van der Waals surface area (Å²) in [6.07, 6.45) is -0.103. The number of amides is 2. The Labute approximate surface area is 170 Å². The number of fused-ring (bicyclic) bond motifs is 1. The molecule has 1 aliphatic heterocycles. The van der Waals surface area contributed by atoms with Crippen molar-refractivity contribution in [2.45, 2.75) is 19.4 Å². The third kappa shape index (κ3) is 3.58. The topological polar surface area (TPSA) is 88.9 Å². The zero-order chi connectivity index (χ0) is 19.8. The molecule has 0 unspecified atom stereocenters. The van der Waals surface area contributed by atoms with Crippen molar-refractivity contribution in [3.63, 3.8) is 0 Å². The predicted octanol–water partition coefficient (Wildman–Crippen LogP) is 4.08. The zero-order valence-corrected chi connectivity index (χ0v) is 16.3. The molecular formula is C19H15Cl2N5O2. The smallest absolute Gasteiger partial charge is 0.252 e. The van der Waals surface area contributed by atoms with Crippen LogP contribution in [0.3, 0.4) is 0 Å². The number of rotatable bonds is 4. The van der Waals surface area contributed by atoms with Crippen LogP contribution in [0, 0.1) is 6.92 Å². The van der Waals surface area contributed by atoms with Crippen LogP contribution >= 0.6 is 23.2 Å². The second-order valence-corrected chi connectivity index (χ2v) is 7.29. The van der Waals surface area contributed by atoms with Crippen molar-refractivity contribution in [1.82, 2.24) is 14.8 Å². The van der Waals surface area contributed by atoms with Crippen molar-refractivity contribution in [2.24, 2.45) is 0 Å². The summed E-state index contributed by atoms with van der Waals surface area (Å²) in [5.41, 5.74) is 2.38. The van der Waals surface area contributed by atoms with Crippen LogP contribution in [0.2, 0.25) is 10.0 Å². The Morgan fingerprint density at radius 2 is 1.96 bits per heavy atom. The number of carbonyl (C=O) groups excluding carboxylic acids is 2. The van der Waals surface area contributed by atoms with Crippen molar-refractivity contribution in [1.29, 1.82) is 0 Å². The average Bonchev–Trinajstić information content (AvgIpc) is 3.17. The molecule has 3 aromatic rings. The van der Waals surface area contributed by atoms with E-state index in [0.29, 0.717) is 27.5 Å². The van der Waals surface area contributed by atoms with Crippen molar-refractivity contribution in [2.75, 3.05) is 10.6 Å². The summed E-state index contributed by atoms with van der Waals surface area (Å²) >= 11 is 11.9. The fraction of sp³-hybridized carbons (Fsp3) is 0.158. The molecule has 0 saturated carbocycles. The Hall–Kier alpha value is -2.90. The number of aromatic nitrogens is 3. The molecule has 1 aliphatic rings. The van der Waals surface area contributed by atoms with E-state index in [2.05, 4.69) is 20.7 Å². The highest BCUT2D eigenvalue weighted by Gasteiger charge is 2.35. The lowest BCUT2D eigenvalue weighted by Gasteiger charge is -2.11. The van der Waals surface area contributed by atoms with Gasteiger partial charge >= 0.3 is 0 Å². The van der Waals surface area contributed by atoms with E-state index in [1.54, 1.807) is 12.1 Å². The maximum Gasteiger partial charge on any atom is 0.252 e. The summed E-state index contributed by atoms with van der Waals surface area (Å²) in [6.45, 7) is 1.99. The minimum absolute atomic E-state index is 0.103. The van der Waals surface area contributed by atoms with Crippen LogP contribution in [0.15, 0.2) is 42.5 Å². The maximum absolute atomic E-state index is 12.4. The largest absolute Gasteiger partial charge is 0.325 e. The van der Waals surface area contributed by atoms with Crippen LogP contribution in [-0.2, 0) is 9.59 Å². The number of anilines is 2. The second kappa shape index (κ2) is 7.26. The quantitative estimate of drug-likeness (QED) is 0.671. The maximum atomic E-state index is 12.4. The molecule has 28 heavy (non-hydrogen) atoms. The van der Waals surface area contributed by atoms with Gasteiger partial charge in [0, 0.05) is 10.6 Å². The van der Waals surface area contributed by atoms with Crippen LogP contribution in [-0.4, -0.2) is 26.6 Å². The van der Waals surface area contributed by atoms with Crippen LogP contribution in [0.25, 0.3) is 11.4 Å². The Morgan fingerprint density at radius 1 is 1.21 bits per heavy atom. The molecule has 2 aromatic carbocycles. The van der Waals surface area contributed by atoms with Crippen LogP contribution in [0.5, 0.6) is 0 Å². The molecule has 0 spiro atoms. The molecule has 0 saturated heterocycles. The summed E-state index contributed by atoms with van der Waals surface area (Å²) in [6, 6.07) is 11.7. The first-order valence-corrected chi connectivity index (χ1v) is 9.25. The minimum Gasteiger partial charge on any atom is -0.325 e. The van der Waals surface area contributed by atoms with E-state index >= 15 is 0 Å². The lowest BCUT2D eigenvalue weighted by molar-refractivity contribution is -0.123. The van der Waals surface area contributed by atoms with Gasteiger partial charge in [0.1, 0.15) is 6.04 Å². The van der Waals surface area contributed by atoms with Gasteiger partial charge < -0.3 is 5.32 Å². The molecule has 142 valence electrons. The van der Waals surface area contributed by atoms with E-state index in [-0.39, 0.29) is 18.2 Å². The number of nitrogens with zero attached hydrogens (tertiary/aromatic N) is 3. The zero-order valence-electron chi connectivity index (χ0n) is 14.7.